The maximum Gasteiger partial charge on any atom is 0.330 e. The Morgan fingerprint density at radius 1 is 0.750 bits per heavy atom. The average molecular weight is 335 g/mol. The van der Waals surface area contributed by atoms with Crippen LogP contribution in [0.3, 0.4) is 0 Å². The van der Waals surface area contributed by atoms with Gasteiger partial charge in [0, 0.05) is 0 Å². The monoisotopic (exact) mass is 335 g/mol. The minimum atomic E-state index is -3.29. The van der Waals surface area contributed by atoms with E-state index in [4.69, 9.17) is 4.62 Å². The summed E-state index contributed by atoms with van der Waals surface area (Å²) in [5.41, 5.74) is 1.62. The van der Waals surface area contributed by atoms with Crippen molar-refractivity contribution in [3.8, 4) is 0 Å². The van der Waals surface area contributed by atoms with Crippen LogP contribution in [0.4, 0.5) is 0 Å². The van der Waals surface area contributed by atoms with E-state index in [2.05, 4.69) is 5.16 Å². The summed E-state index contributed by atoms with van der Waals surface area (Å²) in [6.07, 6.45) is 0. The molecule has 0 aromatic heterocycles. The van der Waals surface area contributed by atoms with Crippen molar-refractivity contribution in [2.75, 3.05) is 0 Å². The molecule has 0 aliphatic rings. The SMILES string of the molecule is C/C(=N\OP(=O)(c1ccccc1)c1ccccc1)c1ccccc1. The van der Waals surface area contributed by atoms with Gasteiger partial charge in [0.2, 0.25) is 0 Å². The standard InChI is InChI=1S/C20H18NO2P/c1-17(18-11-5-2-6-12-18)21-23-24(22,19-13-7-3-8-14-19)20-15-9-4-10-16-20/h2-16H,1H3/b21-17+. The van der Waals surface area contributed by atoms with E-state index in [0.717, 1.165) is 5.56 Å². The fourth-order valence-electron chi connectivity index (χ4n) is 2.34. The summed E-state index contributed by atoms with van der Waals surface area (Å²) in [6.45, 7) is 1.84. The van der Waals surface area contributed by atoms with Gasteiger partial charge in [0.15, 0.2) is 0 Å². The van der Waals surface area contributed by atoms with Crippen molar-refractivity contribution in [1.29, 1.82) is 0 Å². The predicted octanol–water partition coefficient (Wildman–Crippen LogP) is 4.36. The van der Waals surface area contributed by atoms with Crippen LogP contribution in [0.15, 0.2) is 96.2 Å². The van der Waals surface area contributed by atoms with Crippen molar-refractivity contribution in [2.45, 2.75) is 6.92 Å². The largest absolute Gasteiger partial charge is 0.330 e. The number of rotatable bonds is 5. The first kappa shape index (κ1) is 16.2. The Bertz CT molecular complexity index is 818. The quantitative estimate of drug-likeness (QED) is 0.395. The zero-order valence-electron chi connectivity index (χ0n) is 13.4. The number of hydrogen-bond acceptors (Lipinski definition) is 3. The Balaban J connectivity index is 1.99. The first-order valence-electron chi connectivity index (χ1n) is 7.70. The third-order valence-corrected chi connectivity index (χ3v) is 5.94. The summed E-state index contributed by atoms with van der Waals surface area (Å²) in [6, 6.07) is 28.1. The second-order valence-corrected chi connectivity index (χ2v) is 7.65. The van der Waals surface area contributed by atoms with Gasteiger partial charge in [0.25, 0.3) is 0 Å². The molecule has 0 heterocycles. The van der Waals surface area contributed by atoms with Crippen molar-refractivity contribution in [3.05, 3.63) is 96.6 Å². The van der Waals surface area contributed by atoms with Gasteiger partial charge in [-0.2, -0.15) is 0 Å². The fraction of sp³-hybridized carbons (Fsp3) is 0.0500. The molecular weight excluding hydrogens is 317 g/mol. The molecule has 0 unspecified atom stereocenters. The molecule has 0 radical (unpaired) electrons. The smallest absolute Gasteiger partial charge is 0.330 e. The lowest BCUT2D eigenvalue weighted by Gasteiger charge is -2.16. The predicted molar refractivity (Wildman–Crippen MR) is 99.5 cm³/mol. The van der Waals surface area contributed by atoms with Gasteiger partial charge in [0.05, 0.1) is 16.3 Å². The van der Waals surface area contributed by atoms with Gasteiger partial charge in [0.1, 0.15) is 0 Å². The van der Waals surface area contributed by atoms with Crippen LogP contribution in [0.2, 0.25) is 0 Å². The molecule has 0 atom stereocenters. The van der Waals surface area contributed by atoms with E-state index in [1.807, 2.05) is 73.7 Å². The highest BCUT2D eigenvalue weighted by Crippen LogP contribution is 2.44. The van der Waals surface area contributed by atoms with Crippen molar-refractivity contribution >= 4 is 23.7 Å². The van der Waals surface area contributed by atoms with Crippen LogP contribution < -0.4 is 10.6 Å². The minimum Gasteiger partial charge on any atom is -0.330 e. The van der Waals surface area contributed by atoms with E-state index in [9.17, 15) is 4.57 Å². The van der Waals surface area contributed by atoms with E-state index in [1.54, 1.807) is 24.3 Å². The van der Waals surface area contributed by atoms with E-state index in [0.29, 0.717) is 16.3 Å². The van der Waals surface area contributed by atoms with Crippen LogP contribution in [0, 0.1) is 0 Å². The van der Waals surface area contributed by atoms with Gasteiger partial charge in [-0.1, -0.05) is 71.9 Å². The lowest BCUT2D eigenvalue weighted by molar-refractivity contribution is 0.349. The Hall–Kier alpha value is -2.64. The Labute approximate surface area is 142 Å². The summed E-state index contributed by atoms with van der Waals surface area (Å²) < 4.78 is 19.3. The van der Waals surface area contributed by atoms with Gasteiger partial charge in [-0.05, 0) is 36.8 Å². The van der Waals surface area contributed by atoms with Crippen LogP contribution in [-0.2, 0) is 9.19 Å². The molecular formula is C20H18NO2P. The molecule has 3 rings (SSSR count). The zero-order valence-corrected chi connectivity index (χ0v) is 14.3. The highest BCUT2D eigenvalue weighted by molar-refractivity contribution is 7.74. The third-order valence-electron chi connectivity index (χ3n) is 3.68. The lowest BCUT2D eigenvalue weighted by Crippen LogP contribution is -2.17. The molecule has 0 amide bonds. The van der Waals surface area contributed by atoms with E-state index in [1.165, 1.54) is 0 Å². The molecule has 0 spiro atoms. The molecule has 4 heteroatoms. The molecule has 0 saturated heterocycles. The highest BCUT2D eigenvalue weighted by atomic mass is 31.2. The van der Waals surface area contributed by atoms with Crippen LogP contribution in [0.25, 0.3) is 0 Å². The maximum atomic E-state index is 13.6. The van der Waals surface area contributed by atoms with Gasteiger partial charge in [-0.25, -0.2) is 0 Å². The molecule has 0 aliphatic heterocycles. The van der Waals surface area contributed by atoms with Gasteiger partial charge >= 0.3 is 7.37 Å². The number of oxime groups is 1. The van der Waals surface area contributed by atoms with Gasteiger partial charge in [-0.15, -0.1) is 0 Å². The molecule has 24 heavy (non-hydrogen) atoms. The zero-order chi connectivity index (χ0) is 16.8. The summed E-state index contributed by atoms with van der Waals surface area (Å²) in [7, 11) is -3.29. The molecule has 0 bridgehead atoms. The molecule has 3 nitrogen and oxygen atoms in total. The minimum absolute atomic E-state index is 0.626. The van der Waals surface area contributed by atoms with Crippen molar-refractivity contribution in [1.82, 2.24) is 0 Å². The number of nitrogens with zero attached hydrogens (tertiary/aromatic N) is 1. The maximum absolute atomic E-state index is 13.6. The number of hydrogen-bond donors (Lipinski definition) is 0. The molecule has 0 N–H and O–H groups in total. The normalized spacial score (nSPS) is 12.0. The molecule has 120 valence electrons. The van der Waals surface area contributed by atoms with Crippen molar-refractivity contribution < 1.29 is 9.19 Å². The molecule has 3 aromatic carbocycles. The Kier molecular flexibility index (Phi) is 4.93. The molecule has 0 saturated carbocycles. The second kappa shape index (κ2) is 7.29. The van der Waals surface area contributed by atoms with Crippen molar-refractivity contribution in [2.24, 2.45) is 5.16 Å². The van der Waals surface area contributed by atoms with Crippen LogP contribution in [-0.4, -0.2) is 5.71 Å². The van der Waals surface area contributed by atoms with E-state index in [-0.39, 0.29) is 0 Å². The average Bonchev–Trinajstić information content (AvgIpc) is 2.68. The fourth-order valence-corrected chi connectivity index (χ4v) is 4.20. The van der Waals surface area contributed by atoms with E-state index < -0.39 is 7.37 Å². The Morgan fingerprint density at radius 3 is 1.62 bits per heavy atom. The first-order valence-corrected chi connectivity index (χ1v) is 9.33. The summed E-state index contributed by atoms with van der Waals surface area (Å²) in [4.78, 5) is 0. The topological polar surface area (TPSA) is 38.7 Å². The summed E-state index contributed by atoms with van der Waals surface area (Å²) in [5.74, 6) is 0. The third kappa shape index (κ3) is 3.47. The van der Waals surface area contributed by atoms with Crippen LogP contribution in [0.5, 0.6) is 0 Å². The van der Waals surface area contributed by atoms with Crippen LogP contribution >= 0.6 is 7.37 Å². The molecule has 0 aliphatic carbocycles. The van der Waals surface area contributed by atoms with Gasteiger partial charge in [-0.3, -0.25) is 4.57 Å². The molecule has 3 aromatic rings. The van der Waals surface area contributed by atoms with E-state index >= 15 is 0 Å². The Morgan fingerprint density at radius 2 is 1.17 bits per heavy atom. The summed E-state index contributed by atoms with van der Waals surface area (Å²) in [5, 5.41) is 5.42. The molecule has 0 fully saturated rings. The second-order valence-electron chi connectivity index (χ2n) is 5.35. The first-order chi connectivity index (χ1) is 11.7. The number of benzene rings is 3. The van der Waals surface area contributed by atoms with Gasteiger partial charge < -0.3 is 4.62 Å². The highest BCUT2D eigenvalue weighted by Gasteiger charge is 2.30. The van der Waals surface area contributed by atoms with Crippen molar-refractivity contribution in [3.63, 3.8) is 0 Å². The summed E-state index contributed by atoms with van der Waals surface area (Å²) >= 11 is 0. The van der Waals surface area contributed by atoms with Crippen LogP contribution in [0.1, 0.15) is 12.5 Å². The lowest BCUT2D eigenvalue weighted by atomic mass is 10.1.